The molecule has 6 heteroatoms. The highest BCUT2D eigenvalue weighted by Gasteiger charge is 2.36. The SMILES string of the molecule is COCc1cccc(C(=O)N[C@H](c2ccccn2)C2CC(O)C2)n1. The third-order valence-corrected chi connectivity index (χ3v) is 4.25. The highest BCUT2D eigenvalue weighted by molar-refractivity contribution is 5.92. The fourth-order valence-electron chi connectivity index (χ4n) is 2.94. The van der Waals surface area contributed by atoms with Crippen molar-refractivity contribution in [3.8, 4) is 0 Å². The van der Waals surface area contributed by atoms with E-state index in [0.717, 1.165) is 5.69 Å². The number of rotatable bonds is 6. The molecular weight excluding hydrogens is 306 g/mol. The first-order valence-corrected chi connectivity index (χ1v) is 8.02. The second-order valence-electron chi connectivity index (χ2n) is 6.04. The molecular formula is C18H21N3O3. The maximum Gasteiger partial charge on any atom is 0.270 e. The Morgan fingerprint density at radius 1 is 1.33 bits per heavy atom. The summed E-state index contributed by atoms with van der Waals surface area (Å²) in [5.74, 6) is -0.0639. The number of aliphatic hydroxyl groups is 1. The molecule has 0 unspecified atom stereocenters. The highest BCUT2D eigenvalue weighted by Crippen LogP contribution is 2.37. The predicted molar refractivity (Wildman–Crippen MR) is 88.1 cm³/mol. The topological polar surface area (TPSA) is 84.3 Å². The van der Waals surface area contributed by atoms with Gasteiger partial charge in [-0.1, -0.05) is 12.1 Å². The standard InChI is InChI=1S/C18H21N3O3/c1-24-11-13-5-4-7-16(20-13)18(23)21-17(12-9-14(22)10-12)15-6-2-3-8-19-15/h2-8,12,14,17,22H,9-11H2,1H3,(H,21,23)/t12?,14?,17-/m0/s1. The average Bonchev–Trinajstić information content (AvgIpc) is 2.58. The van der Waals surface area contributed by atoms with Crippen LogP contribution in [0.15, 0.2) is 42.6 Å². The van der Waals surface area contributed by atoms with Crippen LogP contribution in [0.2, 0.25) is 0 Å². The highest BCUT2D eigenvalue weighted by atomic mass is 16.5. The molecule has 2 N–H and O–H groups in total. The van der Waals surface area contributed by atoms with E-state index in [1.807, 2.05) is 24.3 Å². The number of hydrogen-bond donors (Lipinski definition) is 2. The van der Waals surface area contributed by atoms with E-state index in [4.69, 9.17) is 4.74 Å². The Morgan fingerprint density at radius 3 is 2.83 bits per heavy atom. The lowest BCUT2D eigenvalue weighted by molar-refractivity contribution is 0.0227. The van der Waals surface area contributed by atoms with Gasteiger partial charge in [0, 0.05) is 13.3 Å². The van der Waals surface area contributed by atoms with Gasteiger partial charge in [-0.2, -0.15) is 0 Å². The van der Waals surface area contributed by atoms with E-state index >= 15 is 0 Å². The quantitative estimate of drug-likeness (QED) is 0.846. The van der Waals surface area contributed by atoms with Gasteiger partial charge in [-0.25, -0.2) is 4.98 Å². The van der Waals surface area contributed by atoms with Gasteiger partial charge in [-0.05, 0) is 43.0 Å². The third-order valence-electron chi connectivity index (χ3n) is 4.25. The lowest BCUT2D eigenvalue weighted by Gasteiger charge is -2.37. The summed E-state index contributed by atoms with van der Waals surface area (Å²) in [6, 6.07) is 10.7. The van der Waals surface area contributed by atoms with Crippen LogP contribution in [0.3, 0.4) is 0 Å². The van der Waals surface area contributed by atoms with Crippen molar-refractivity contribution in [1.82, 2.24) is 15.3 Å². The Labute approximate surface area is 140 Å². The number of aliphatic hydroxyl groups excluding tert-OH is 1. The van der Waals surface area contributed by atoms with E-state index in [2.05, 4.69) is 15.3 Å². The molecule has 1 fully saturated rings. The molecule has 0 aromatic carbocycles. The number of aromatic nitrogens is 2. The van der Waals surface area contributed by atoms with Gasteiger partial charge in [0.1, 0.15) is 5.69 Å². The number of nitrogens with zero attached hydrogens (tertiary/aromatic N) is 2. The fourth-order valence-corrected chi connectivity index (χ4v) is 2.94. The third kappa shape index (κ3) is 3.77. The van der Waals surface area contributed by atoms with Crippen LogP contribution in [0.1, 0.15) is 40.8 Å². The van der Waals surface area contributed by atoms with Crippen molar-refractivity contribution in [2.75, 3.05) is 7.11 Å². The van der Waals surface area contributed by atoms with Crippen molar-refractivity contribution < 1.29 is 14.6 Å². The van der Waals surface area contributed by atoms with Gasteiger partial charge in [-0.3, -0.25) is 9.78 Å². The molecule has 0 saturated heterocycles. The van der Waals surface area contributed by atoms with Crippen LogP contribution >= 0.6 is 0 Å². The van der Waals surface area contributed by atoms with Crippen LogP contribution < -0.4 is 5.32 Å². The molecule has 1 aliphatic carbocycles. The normalized spacial score (nSPS) is 20.9. The summed E-state index contributed by atoms with van der Waals surface area (Å²) in [7, 11) is 1.59. The first-order chi connectivity index (χ1) is 11.7. The van der Waals surface area contributed by atoms with Crippen molar-refractivity contribution in [3.05, 3.63) is 59.7 Å². The Balaban J connectivity index is 1.77. The number of carbonyl (C=O) groups excluding carboxylic acids is 1. The molecule has 0 radical (unpaired) electrons. The summed E-state index contributed by atoms with van der Waals surface area (Å²) < 4.78 is 5.06. The number of methoxy groups -OCH3 is 1. The summed E-state index contributed by atoms with van der Waals surface area (Å²) in [4.78, 5) is 21.3. The lowest BCUT2D eigenvalue weighted by Crippen LogP contribution is -2.42. The van der Waals surface area contributed by atoms with Gasteiger partial charge < -0.3 is 15.2 Å². The molecule has 1 saturated carbocycles. The van der Waals surface area contributed by atoms with E-state index in [1.165, 1.54) is 0 Å². The first-order valence-electron chi connectivity index (χ1n) is 8.02. The summed E-state index contributed by atoms with van der Waals surface area (Å²) in [6.07, 6.45) is 2.75. The van der Waals surface area contributed by atoms with Gasteiger partial charge in [0.15, 0.2) is 0 Å². The Bertz CT molecular complexity index is 687. The second kappa shape index (κ2) is 7.51. The van der Waals surface area contributed by atoms with Crippen molar-refractivity contribution in [2.45, 2.75) is 31.6 Å². The van der Waals surface area contributed by atoms with E-state index in [-0.39, 0.29) is 24.0 Å². The zero-order chi connectivity index (χ0) is 16.9. The van der Waals surface area contributed by atoms with E-state index < -0.39 is 0 Å². The van der Waals surface area contributed by atoms with E-state index in [0.29, 0.717) is 30.8 Å². The molecule has 0 aliphatic heterocycles. The molecule has 2 aromatic heterocycles. The van der Waals surface area contributed by atoms with Gasteiger partial charge in [0.2, 0.25) is 0 Å². The van der Waals surface area contributed by atoms with E-state index in [1.54, 1.807) is 25.4 Å². The maximum absolute atomic E-state index is 12.6. The van der Waals surface area contributed by atoms with Crippen LogP contribution in [-0.4, -0.2) is 34.2 Å². The number of amides is 1. The van der Waals surface area contributed by atoms with Crippen molar-refractivity contribution >= 4 is 5.91 Å². The Kier molecular flexibility index (Phi) is 5.17. The first kappa shape index (κ1) is 16.5. The molecule has 1 atom stereocenters. The molecule has 1 amide bonds. The molecule has 0 bridgehead atoms. The lowest BCUT2D eigenvalue weighted by atomic mass is 9.76. The van der Waals surface area contributed by atoms with Gasteiger partial charge in [0.25, 0.3) is 5.91 Å². The summed E-state index contributed by atoms with van der Waals surface area (Å²) in [5.41, 5.74) is 1.86. The van der Waals surface area contributed by atoms with Crippen LogP contribution in [0.25, 0.3) is 0 Å². The van der Waals surface area contributed by atoms with Crippen molar-refractivity contribution in [1.29, 1.82) is 0 Å². The van der Waals surface area contributed by atoms with Crippen LogP contribution in [0, 0.1) is 5.92 Å². The van der Waals surface area contributed by atoms with Crippen LogP contribution in [-0.2, 0) is 11.3 Å². The summed E-state index contributed by atoms with van der Waals surface area (Å²) in [6.45, 7) is 0.361. The van der Waals surface area contributed by atoms with Crippen molar-refractivity contribution in [2.24, 2.45) is 5.92 Å². The molecule has 0 spiro atoms. The number of hydrogen-bond acceptors (Lipinski definition) is 5. The van der Waals surface area contributed by atoms with Gasteiger partial charge in [-0.15, -0.1) is 0 Å². The fraction of sp³-hybridized carbons (Fsp3) is 0.389. The summed E-state index contributed by atoms with van der Waals surface area (Å²) in [5, 5.41) is 12.6. The molecule has 126 valence electrons. The Hall–Kier alpha value is -2.31. The minimum absolute atomic E-state index is 0.181. The molecule has 2 heterocycles. The average molecular weight is 327 g/mol. The smallest absolute Gasteiger partial charge is 0.270 e. The molecule has 3 rings (SSSR count). The molecule has 6 nitrogen and oxygen atoms in total. The monoisotopic (exact) mass is 327 g/mol. The molecule has 1 aliphatic rings. The minimum atomic E-state index is -0.290. The number of pyridine rings is 2. The zero-order valence-corrected chi connectivity index (χ0v) is 13.6. The number of nitrogens with one attached hydrogen (secondary N) is 1. The Morgan fingerprint density at radius 2 is 2.17 bits per heavy atom. The minimum Gasteiger partial charge on any atom is -0.393 e. The predicted octanol–water partition coefficient (Wildman–Crippen LogP) is 1.86. The van der Waals surface area contributed by atoms with E-state index in [9.17, 15) is 9.90 Å². The maximum atomic E-state index is 12.6. The van der Waals surface area contributed by atoms with Gasteiger partial charge in [0.05, 0.1) is 30.1 Å². The molecule has 2 aromatic rings. The number of carbonyl (C=O) groups is 1. The summed E-state index contributed by atoms with van der Waals surface area (Å²) >= 11 is 0. The largest absolute Gasteiger partial charge is 0.393 e. The van der Waals surface area contributed by atoms with Crippen LogP contribution in [0.4, 0.5) is 0 Å². The second-order valence-corrected chi connectivity index (χ2v) is 6.04. The van der Waals surface area contributed by atoms with Gasteiger partial charge >= 0.3 is 0 Å². The number of ether oxygens (including phenoxy) is 1. The van der Waals surface area contributed by atoms with Crippen molar-refractivity contribution in [3.63, 3.8) is 0 Å². The van der Waals surface area contributed by atoms with Crippen LogP contribution in [0.5, 0.6) is 0 Å². The molecule has 24 heavy (non-hydrogen) atoms. The zero-order valence-electron chi connectivity index (χ0n) is 13.6.